The third-order valence-electron chi connectivity index (χ3n) is 5.58. The van der Waals surface area contributed by atoms with Crippen LogP contribution in [-0.2, 0) is 4.79 Å². The van der Waals surface area contributed by atoms with Gasteiger partial charge in [-0.05, 0) is 51.3 Å². The topological polar surface area (TPSA) is 43.9 Å². The molecule has 2 aliphatic rings. The van der Waals surface area contributed by atoms with Gasteiger partial charge in [0.1, 0.15) is 5.82 Å². The predicted octanol–water partition coefficient (Wildman–Crippen LogP) is 2.55. The zero-order valence-electron chi connectivity index (χ0n) is 15.7. The highest BCUT2D eigenvalue weighted by atomic mass is 19.1. The van der Waals surface area contributed by atoms with Crippen molar-refractivity contribution in [2.75, 3.05) is 44.2 Å². The first-order valence-corrected chi connectivity index (χ1v) is 9.55. The zero-order valence-corrected chi connectivity index (χ0v) is 15.7. The van der Waals surface area contributed by atoms with Gasteiger partial charge in [-0.15, -0.1) is 0 Å². The quantitative estimate of drug-likeness (QED) is 0.773. The molecule has 1 unspecified atom stereocenters. The summed E-state index contributed by atoms with van der Waals surface area (Å²) in [5, 5.41) is 0. The normalized spacial score (nSPS) is 20.1. The maximum Gasteiger partial charge on any atom is 0.239 e. The van der Waals surface area contributed by atoms with Crippen LogP contribution in [0.15, 0.2) is 18.2 Å². The highest BCUT2D eigenvalue weighted by Gasteiger charge is 2.29. The molecule has 0 radical (unpaired) electrons. The third kappa shape index (κ3) is 4.06. The Kier molecular flexibility index (Phi) is 5.91. The Morgan fingerprint density at radius 2 is 1.65 bits per heavy atom. The molecule has 0 aliphatic carbocycles. The number of halogens is 1. The maximum atomic E-state index is 14.4. The van der Waals surface area contributed by atoms with Crippen molar-refractivity contribution in [3.63, 3.8) is 0 Å². The van der Waals surface area contributed by atoms with Gasteiger partial charge in [-0.1, -0.05) is 0 Å². The van der Waals surface area contributed by atoms with E-state index in [2.05, 4.69) is 4.90 Å². The fraction of sp³-hybridized carbons (Fsp3) is 0.600. The Balaban J connectivity index is 1.58. The van der Waals surface area contributed by atoms with E-state index < -0.39 is 0 Å². The zero-order chi connectivity index (χ0) is 18.7. The van der Waals surface area contributed by atoms with E-state index in [1.54, 1.807) is 12.1 Å². The SMILES string of the molecule is CC(=O)c1ccc(N2CCN(C(C)C(=O)N3CCCCC3)CC2)c(F)c1. The Morgan fingerprint density at radius 3 is 2.23 bits per heavy atom. The molecule has 6 heteroatoms. The molecule has 26 heavy (non-hydrogen) atoms. The summed E-state index contributed by atoms with van der Waals surface area (Å²) >= 11 is 0. The average molecular weight is 361 g/mol. The molecule has 1 amide bonds. The number of ketones is 1. The molecule has 0 saturated carbocycles. The van der Waals surface area contributed by atoms with Crippen LogP contribution in [0.3, 0.4) is 0 Å². The number of piperazine rings is 1. The first kappa shape index (κ1) is 18.8. The predicted molar refractivity (Wildman–Crippen MR) is 100 cm³/mol. The lowest BCUT2D eigenvalue weighted by molar-refractivity contribution is -0.137. The fourth-order valence-electron chi connectivity index (χ4n) is 3.87. The molecule has 1 aromatic rings. The number of likely N-dealkylation sites (tertiary alicyclic amines) is 1. The van der Waals surface area contributed by atoms with Crippen LogP contribution in [0.1, 0.15) is 43.5 Å². The highest BCUT2D eigenvalue weighted by Crippen LogP contribution is 2.23. The van der Waals surface area contributed by atoms with Crippen molar-refractivity contribution in [2.24, 2.45) is 0 Å². The van der Waals surface area contributed by atoms with E-state index >= 15 is 0 Å². The van der Waals surface area contributed by atoms with Gasteiger partial charge in [0.2, 0.25) is 5.91 Å². The van der Waals surface area contributed by atoms with Gasteiger partial charge in [0, 0.05) is 44.8 Å². The minimum atomic E-state index is -0.358. The van der Waals surface area contributed by atoms with Crippen molar-refractivity contribution >= 4 is 17.4 Å². The first-order chi connectivity index (χ1) is 12.5. The van der Waals surface area contributed by atoms with Gasteiger partial charge in [-0.3, -0.25) is 14.5 Å². The van der Waals surface area contributed by atoms with Crippen LogP contribution in [0, 0.1) is 5.82 Å². The minimum Gasteiger partial charge on any atom is -0.367 e. The molecule has 3 rings (SSSR count). The van der Waals surface area contributed by atoms with Crippen LogP contribution < -0.4 is 4.90 Å². The monoisotopic (exact) mass is 361 g/mol. The van der Waals surface area contributed by atoms with Gasteiger partial charge in [-0.2, -0.15) is 0 Å². The standard InChI is InChI=1S/C20H28FN3O2/c1-15(20(26)24-8-4-3-5-9-24)22-10-12-23(13-11-22)19-7-6-17(16(2)25)14-18(19)21/h6-7,14-15H,3-5,8-13H2,1-2H3. The molecule has 2 fully saturated rings. The van der Waals surface area contributed by atoms with Gasteiger partial charge in [-0.25, -0.2) is 4.39 Å². The van der Waals surface area contributed by atoms with E-state index in [-0.39, 0.29) is 23.5 Å². The minimum absolute atomic E-state index is 0.125. The summed E-state index contributed by atoms with van der Waals surface area (Å²) in [4.78, 5) is 30.2. The molecule has 0 bridgehead atoms. The Morgan fingerprint density at radius 1 is 1.00 bits per heavy atom. The molecule has 1 aromatic carbocycles. The second-order valence-corrected chi connectivity index (χ2v) is 7.31. The van der Waals surface area contributed by atoms with Crippen LogP contribution in [0.25, 0.3) is 0 Å². The largest absolute Gasteiger partial charge is 0.367 e. The first-order valence-electron chi connectivity index (χ1n) is 9.55. The number of rotatable bonds is 4. The van der Waals surface area contributed by atoms with Gasteiger partial charge in [0.15, 0.2) is 5.78 Å². The molecule has 0 aromatic heterocycles. The second-order valence-electron chi connectivity index (χ2n) is 7.31. The summed E-state index contributed by atoms with van der Waals surface area (Å²) in [6.07, 6.45) is 3.41. The van der Waals surface area contributed by atoms with Crippen LogP contribution in [-0.4, -0.2) is 66.8 Å². The van der Waals surface area contributed by atoms with Gasteiger partial charge < -0.3 is 9.80 Å². The molecular formula is C20H28FN3O2. The van der Waals surface area contributed by atoms with E-state index in [1.165, 1.54) is 19.4 Å². The summed E-state index contributed by atoms with van der Waals surface area (Å²) in [5.41, 5.74) is 0.926. The lowest BCUT2D eigenvalue weighted by Crippen LogP contribution is -2.55. The van der Waals surface area contributed by atoms with Gasteiger partial charge >= 0.3 is 0 Å². The van der Waals surface area contributed by atoms with Crippen molar-refractivity contribution in [3.8, 4) is 0 Å². The number of carbonyl (C=O) groups is 2. The van der Waals surface area contributed by atoms with Gasteiger partial charge in [0.25, 0.3) is 0 Å². The molecule has 0 spiro atoms. The molecular weight excluding hydrogens is 333 g/mol. The number of carbonyl (C=O) groups excluding carboxylic acids is 2. The van der Waals surface area contributed by atoms with E-state index in [4.69, 9.17) is 0 Å². The van der Waals surface area contributed by atoms with Crippen LogP contribution in [0.5, 0.6) is 0 Å². The van der Waals surface area contributed by atoms with Crippen molar-refractivity contribution < 1.29 is 14.0 Å². The molecule has 2 heterocycles. The lowest BCUT2D eigenvalue weighted by atomic mass is 10.1. The second kappa shape index (κ2) is 8.16. The summed E-state index contributed by atoms with van der Waals surface area (Å²) < 4.78 is 14.4. The van der Waals surface area contributed by atoms with E-state index in [0.29, 0.717) is 24.3 Å². The smallest absolute Gasteiger partial charge is 0.239 e. The number of hydrogen-bond acceptors (Lipinski definition) is 4. The van der Waals surface area contributed by atoms with Crippen molar-refractivity contribution in [1.29, 1.82) is 0 Å². The highest BCUT2D eigenvalue weighted by molar-refractivity contribution is 5.94. The van der Waals surface area contributed by atoms with E-state index in [1.807, 2.05) is 16.7 Å². The number of anilines is 1. The van der Waals surface area contributed by atoms with Crippen molar-refractivity contribution in [3.05, 3.63) is 29.6 Å². The number of hydrogen-bond donors (Lipinski definition) is 0. The summed E-state index contributed by atoms with van der Waals surface area (Å²) in [7, 11) is 0. The van der Waals surface area contributed by atoms with Crippen LogP contribution in [0.4, 0.5) is 10.1 Å². The molecule has 5 nitrogen and oxygen atoms in total. The molecule has 2 aliphatic heterocycles. The number of benzene rings is 1. The number of piperidine rings is 1. The van der Waals surface area contributed by atoms with E-state index in [0.717, 1.165) is 39.0 Å². The average Bonchev–Trinajstić information content (AvgIpc) is 2.67. The Bertz CT molecular complexity index is 665. The van der Waals surface area contributed by atoms with E-state index in [9.17, 15) is 14.0 Å². The maximum absolute atomic E-state index is 14.4. The number of Topliss-reactive ketones (excluding diaryl/α,β-unsaturated/α-hetero) is 1. The summed E-state index contributed by atoms with van der Waals surface area (Å²) in [6, 6.07) is 4.55. The van der Waals surface area contributed by atoms with Crippen LogP contribution in [0.2, 0.25) is 0 Å². The van der Waals surface area contributed by atoms with Crippen molar-refractivity contribution in [1.82, 2.24) is 9.80 Å². The Hall–Kier alpha value is -1.95. The number of nitrogens with zero attached hydrogens (tertiary/aromatic N) is 3. The number of amides is 1. The molecule has 2 saturated heterocycles. The molecule has 0 N–H and O–H groups in total. The fourth-order valence-corrected chi connectivity index (χ4v) is 3.87. The van der Waals surface area contributed by atoms with Gasteiger partial charge in [0.05, 0.1) is 11.7 Å². The Labute approximate surface area is 154 Å². The molecule has 1 atom stereocenters. The third-order valence-corrected chi connectivity index (χ3v) is 5.58. The van der Waals surface area contributed by atoms with Crippen molar-refractivity contribution in [2.45, 2.75) is 39.2 Å². The molecule has 142 valence electrons. The summed E-state index contributed by atoms with van der Waals surface area (Å²) in [5.74, 6) is -0.274. The summed E-state index contributed by atoms with van der Waals surface area (Å²) in [6.45, 7) is 7.97. The van der Waals surface area contributed by atoms with Crippen LogP contribution >= 0.6 is 0 Å². The lowest BCUT2D eigenvalue weighted by Gasteiger charge is -2.40.